The van der Waals surface area contributed by atoms with Crippen molar-refractivity contribution in [3.05, 3.63) is 46.5 Å². The Balaban J connectivity index is 1.77. The van der Waals surface area contributed by atoms with Crippen molar-refractivity contribution < 1.29 is 9.32 Å². The van der Waals surface area contributed by atoms with Gasteiger partial charge in [-0.15, -0.1) is 0 Å². The summed E-state index contributed by atoms with van der Waals surface area (Å²) in [7, 11) is 0. The van der Waals surface area contributed by atoms with Crippen molar-refractivity contribution >= 4 is 5.91 Å². The van der Waals surface area contributed by atoms with Crippen LogP contribution in [0.1, 0.15) is 50.4 Å². The molecule has 0 aliphatic carbocycles. The van der Waals surface area contributed by atoms with Gasteiger partial charge in [-0.1, -0.05) is 25.1 Å². The van der Waals surface area contributed by atoms with E-state index in [-0.39, 0.29) is 30.0 Å². The Hall–Kier alpha value is -2.44. The molecule has 2 aromatic heterocycles. The molecule has 1 saturated heterocycles. The highest BCUT2D eigenvalue weighted by Crippen LogP contribution is 2.31. The lowest BCUT2D eigenvalue weighted by atomic mass is 10.2. The van der Waals surface area contributed by atoms with E-state index >= 15 is 0 Å². The van der Waals surface area contributed by atoms with Crippen molar-refractivity contribution in [2.45, 2.75) is 45.2 Å². The third-order valence-corrected chi connectivity index (χ3v) is 4.03. The topological polar surface area (TPSA) is 81.2 Å². The monoisotopic (exact) mass is 316 g/mol. The number of hydrogen-bond acceptors (Lipinski definition) is 5. The van der Waals surface area contributed by atoms with Crippen LogP contribution in [-0.4, -0.2) is 32.1 Å². The number of hydrogen-bond donors (Lipinski definition) is 0. The summed E-state index contributed by atoms with van der Waals surface area (Å²) in [6, 6.07) is 4.68. The summed E-state index contributed by atoms with van der Waals surface area (Å²) < 4.78 is 6.66. The van der Waals surface area contributed by atoms with Crippen molar-refractivity contribution in [1.29, 1.82) is 0 Å². The van der Waals surface area contributed by atoms with E-state index in [0.717, 1.165) is 12.8 Å². The molecule has 7 nitrogen and oxygen atoms in total. The predicted octanol–water partition coefficient (Wildman–Crippen LogP) is 1.72. The molecule has 23 heavy (non-hydrogen) atoms. The largest absolute Gasteiger partial charge is 0.339 e. The number of likely N-dealkylation sites (tertiary alicyclic amines) is 1. The lowest BCUT2D eigenvalue weighted by Crippen LogP contribution is -2.36. The first-order valence-corrected chi connectivity index (χ1v) is 7.84. The minimum atomic E-state index is -0.182. The Kier molecular flexibility index (Phi) is 4.27. The molecule has 1 unspecified atom stereocenters. The standard InChI is InChI=1S/C16H20N4O3/c1-11(2)16-17-15(18-23-16)12-6-5-9-20(12)14(22)10-19-8-4-3-7-13(19)21/h3-4,7-8,11-12H,5-6,9-10H2,1-2H3. The molecule has 3 rings (SSSR count). The maximum absolute atomic E-state index is 12.6. The van der Waals surface area contributed by atoms with Gasteiger partial charge in [0, 0.05) is 24.7 Å². The SMILES string of the molecule is CC(C)c1nc(C2CCCN2C(=O)Cn2ccccc2=O)no1. The van der Waals surface area contributed by atoms with Gasteiger partial charge in [0.05, 0.1) is 6.04 Å². The van der Waals surface area contributed by atoms with Crippen LogP contribution in [0.3, 0.4) is 0 Å². The molecule has 0 N–H and O–H groups in total. The summed E-state index contributed by atoms with van der Waals surface area (Å²) in [5.74, 6) is 1.19. The summed E-state index contributed by atoms with van der Waals surface area (Å²) in [4.78, 5) is 30.5. The van der Waals surface area contributed by atoms with E-state index in [1.54, 1.807) is 23.2 Å². The zero-order chi connectivity index (χ0) is 16.4. The summed E-state index contributed by atoms with van der Waals surface area (Å²) in [6.45, 7) is 4.65. The van der Waals surface area contributed by atoms with Crippen molar-refractivity contribution in [3.63, 3.8) is 0 Å². The van der Waals surface area contributed by atoms with E-state index in [1.165, 1.54) is 10.6 Å². The molecule has 2 aromatic rings. The Labute approximate surface area is 133 Å². The summed E-state index contributed by atoms with van der Waals surface area (Å²) in [5, 5.41) is 4.03. The molecule has 1 atom stereocenters. The van der Waals surface area contributed by atoms with Gasteiger partial charge in [0.25, 0.3) is 5.56 Å². The van der Waals surface area contributed by atoms with Crippen LogP contribution in [0.5, 0.6) is 0 Å². The van der Waals surface area contributed by atoms with Crippen molar-refractivity contribution in [2.24, 2.45) is 0 Å². The third kappa shape index (κ3) is 3.18. The zero-order valence-electron chi connectivity index (χ0n) is 13.3. The first kappa shape index (κ1) is 15.5. The van der Waals surface area contributed by atoms with E-state index in [4.69, 9.17) is 4.52 Å². The summed E-state index contributed by atoms with van der Waals surface area (Å²) in [5.41, 5.74) is -0.182. The molecule has 3 heterocycles. The minimum absolute atomic E-state index is 0.0328. The van der Waals surface area contributed by atoms with Crippen molar-refractivity contribution in [3.8, 4) is 0 Å². The maximum Gasteiger partial charge on any atom is 0.250 e. The van der Waals surface area contributed by atoms with Crippen LogP contribution in [-0.2, 0) is 11.3 Å². The van der Waals surface area contributed by atoms with Crippen LogP contribution in [0.2, 0.25) is 0 Å². The van der Waals surface area contributed by atoms with Crippen LogP contribution in [0.15, 0.2) is 33.7 Å². The van der Waals surface area contributed by atoms with Crippen LogP contribution in [0.25, 0.3) is 0 Å². The Morgan fingerprint density at radius 1 is 1.43 bits per heavy atom. The van der Waals surface area contributed by atoms with Gasteiger partial charge in [-0.3, -0.25) is 9.59 Å². The quantitative estimate of drug-likeness (QED) is 0.858. The van der Waals surface area contributed by atoms with Crippen LogP contribution in [0.4, 0.5) is 0 Å². The first-order valence-electron chi connectivity index (χ1n) is 7.84. The Bertz CT molecular complexity index is 750. The molecule has 1 aliphatic rings. The average molecular weight is 316 g/mol. The number of rotatable bonds is 4. The highest BCUT2D eigenvalue weighted by molar-refractivity contribution is 5.76. The van der Waals surface area contributed by atoms with Gasteiger partial charge in [-0.25, -0.2) is 0 Å². The number of carbonyl (C=O) groups excluding carboxylic acids is 1. The maximum atomic E-state index is 12.6. The molecule has 1 aliphatic heterocycles. The molecule has 1 fully saturated rings. The van der Waals surface area contributed by atoms with Crippen LogP contribution < -0.4 is 5.56 Å². The number of nitrogens with zero attached hydrogens (tertiary/aromatic N) is 4. The molecule has 1 amide bonds. The normalized spacial score (nSPS) is 17.9. The smallest absolute Gasteiger partial charge is 0.250 e. The second kappa shape index (κ2) is 6.36. The van der Waals surface area contributed by atoms with Gasteiger partial charge in [-0.2, -0.15) is 4.98 Å². The lowest BCUT2D eigenvalue weighted by molar-refractivity contribution is -0.133. The molecular formula is C16H20N4O3. The highest BCUT2D eigenvalue weighted by atomic mass is 16.5. The third-order valence-electron chi connectivity index (χ3n) is 4.03. The number of amides is 1. The van der Waals surface area contributed by atoms with Gasteiger partial charge in [0.15, 0.2) is 5.82 Å². The summed E-state index contributed by atoms with van der Waals surface area (Å²) >= 11 is 0. The van der Waals surface area contributed by atoms with E-state index < -0.39 is 0 Å². The number of carbonyl (C=O) groups is 1. The Morgan fingerprint density at radius 3 is 2.96 bits per heavy atom. The Morgan fingerprint density at radius 2 is 2.26 bits per heavy atom. The van der Waals surface area contributed by atoms with Gasteiger partial charge >= 0.3 is 0 Å². The highest BCUT2D eigenvalue weighted by Gasteiger charge is 2.33. The fraction of sp³-hybridized carbons (Fsp3) is 0.500. The minimum Gasteiger partial charge on any atom is -0.339 e. The first-order chi connectivity index (χ1) is 11.1. The second-order valence-corrected chi connectivity index (χ2v) is 6.06. The van der Waals surface area contributed by atoms with Gasteiger partial charge in [0.2, 0.25) is 11.8 Å². The predicted molar refractivity (Wildman–Crippen MR) is 82.8 cm³/mol. The van der Waals surface area contributed by atoms with Gasteiger partial charge in [-0.05, 0) is 18.9 Å². The second-order valence-electron chi connectivity index (χ2n) is 6.06. The van der Waals surface area contributed by atoms with E-state index in [2.05, 4.69) is 10.1 Å². The van der Waals surface area contributed by atoms with E-state index in [0.29, 0.717) is 18.3 Å². The lowest BCUT2D eigenvalue weighted by Gasteiger charge is -2.22. The molecule has 0 radical (unpaired) electrons. The molecule has 0 bridgehead atoms. The molecular weight excluding hydrogens is 296 g/mol. The number of pyridine rings is 1. The molecule has 7 heteroatoms. The van der Waals surface area contributed by atoms with Crippen molar-refractivity contribution in [1.82, 2.24) is 19.6 Å². The van der Waals surface area contributed by atoms with Gasteiger partial charge in [0.1, 0.15) is 6.54 Å². The van der Waals surface area contributed by atoms with Crippen LogP contribution in [0, 0.1) is 0 Å². The molecule has 0 spiro atoms. The number of aromatic nitrogens is 3. The fourth-order valence-electron chi connectivity index (χ4n) is 2.78. The fourth-order valence-corrected chi connectivity index (χ4v) is 2.78. The molecule has 0 aromatic carbocycles. The zero-order valence-corrected chi connectivity index (χ0v) is 13.3. The van der Waals surface area contributed by atoms with E-state index in [9.17, 15) is 9.59 Å². The van der Waals surface area contributed by atoms with Crippen LogP contribution >= 0.6 is 0 Å². The summed E-state index contributed by atoms with van der Waals surface area (Å²) in [6.07, 6.45) is 3.33. The average Bonchev–Trinajstić information content (AvgIpc) is 3.17. The van der Waals surface area contributed by atoms with Crippen molar-refractivity contribution in [2.75, 3.05) is 6.54 Å². The molecule has 0 saturated carbocycles. The molecule has 122 valence electrons. The van der Waals surface area contributed by atoms with E-state index in [1.807, 2.05) is 13.8 Å². The van der Waals surface area contributed by atoms with Gasteiger partial charge < -0.3 is 14.0 Å².